The summed E-state index contributed by atoms with van der Waals surface area (Å²) < 4.78 is 0. The molecule has 3 heteroatoms. The van der Waals surface area contributed by atoms with Gasteiger partial charge in [0.25, 0.3) is 0 Å². The summed E-state index contributed by atoms with van der Waals surface area (Å²) >= 11 is 0. The Morgan fingerprint density at radius 2 is 1.83 bits per heavy atom. The maximum Gasteiger partial charge on any atom is 0.115 e. The average Bonchev–Trinajstić information content (AvgIpc) is 2.38. The molecule has 0 unspecified atom stereocenters. The van der Waals surface area contributed by atoms with E-state index in [-0.39, 0.29) is 5.75 Å². The van der Waals surface area contributed by atoms with Crippen LogP contribution in [-0.4, -0.2) is 15.1 Å². The lowest BCUT2D eigenvalue weighted by atomic mass is 10.00. The fourth-order valence-electron chi connectivity index (χ4n) is 2.15. The first-order valence-electron chi connectivity index (χ1n) is 5.75. The maximum atomic E-state index is 9.47. The quantitative estimate of drug-likeness (QED) is 0.705. The maximum absolute atomic E-state index is 9.47. The third-order valence-electron chi connectivity index (χ3n) is 3.00. The summed E-state index contributed by atoms with van der Waals surface area (Å²) in [6.07, 6.45) is 3.55. The van der Waals surface area contributed by atoms with Gasteiger partial charge in [-0.3, -0.25) is 9.97 Å². The molecule has 0 aliphatic carbocycles. The van der Waals surface area contributed by atoms with E-state index >= 15 is 0 Å². The number of phenolic OH excluding ortho intramolecular Hbond substituents is 1. The van der Waals surface area contributed by atoms with E-state index in [4.69, 9.17) is 0 Å². The largest absolute Gasteiger partial charge is 0.508 e. The molecule has 0 fully saturated rings. The molecule has 3 aromatic rings. The molecule has 3 rings (SSSR count). The molecule has 2 heterocycles. The fraction of sp³-hybridized carbons (Fsp3) is 0.0667. The lowest BCUT2D eigenvalue weighted by Crippen LogP contribution is -1.89. The van der Waals surface area contributed by atoms with Crippen LogP contribution in [0.2, 0.25) is 0 Å². The van der Waals surface area contributed by atoms with Gasteiger partial charge in [-0.05, 0) is 48.4 Å². The van der Waals surface area contributed by atoms with Gasteiger partial charge in [0.2, 0.25) is 0 Å². The Morgan fingerprint density at radius 1 is 0.944 bits per heavy atom. The number of aryl methyl sites for hydroxylation is 1. The van der Waals surface area contributed by atoms with E-state index in [9.17, 15) is 5.11 Å². The van der Waals surface area contributed by atoms with Gasteiger partial charge in [0.1, 0.15) is 5.75 Å². The zero-order chi connectivity index (χ0) is 12.5. The minimum atomic E-state index is 0.280. The summed E-state index contributed by atoms with van der Waals surface area (Å²) in [6, 6.07) is 11.1. The summed E-state index contributed by atoms with van der Waals surface area (Å²) in [5.41, 5.74) is 4.89. The second-order valence-corrected chi connectivity index (χ2v) is 4.23. The molecule has 0 saturated heterocycles. The Kier molecular flexibility index (Phi) is 2.45. The van der Waals surface area contributed by atoms with Gasteiger partial charge < -0.3 is 5.11 Å². The summed E-state index contributed by atoms with van der Waals surface area (Å²) in [4.78, 5) is 8.70. The Bertz CT molecular complexity index is 717. The standard InChI is InChI=1S/C15H12N2O/c1-10-9-11(18)4-5-12(10)13-6-8-16-14-3-2-7-17-15(13)14/h2-9,18H,1H3. The molecule has 0 atom stereocenters. The van der Waals surface area contributed by atoms with E-state index in [1.807, 2.05) is 31.2 Å². The van der Waals surface area contributed by atoms with Gasteiger partial charge in [0, 0.05) is 18.0 Å². The van der Waals surface area contributed by atoms with Crippen LogP contribution in [0.4, 0.5) is 0 Å². The molecule has 0 aliphatic rings. The predicted molar refractivity (Wildman–Crippen MR) is 71.4 cm³/mol. The van der Waals surface area contributed by atoms with Crippen molar-refractivity contribution in [2.45, 2.75) is 6.92 Å². The minimum absolute atomic E-state index is 0.280. The van der Waals surface area contributed by atoms with Gasteiger partial charge >= 0.3 is 0 Å². The number of benzene rings is 1. The van der Waals surface area contributed by atoms with Gasteiger partial charge in [-0.2, -0.15) is 0 Å². The summed E-state index contributed by atoms with van der Waals surface area (Å²) in [7, 11) is 0. The molecule has 0 saturated carbocycles. The van der Waals surface area contributed by atoms with Crippen molar-refractivity contribution in [3.63, 3.8) is 0 Å². The molecule has 1 aromatic carbocycles. The lowest BCUT2D eigenvalue weighted by Gasteiger charge is -2.08. The van der Waals surface area contributed by atoms with Gasteiger partial charge in [0.15, 0.2) is 0 Å². The topological polar surface area (TPSA) is 46.0 Å². The molecule has 1 N–H and O–H groups in total. The average molecular weight is 236 g/mol. The fourth-order valence-corrected chi connectivity index (χ4v) is 2.15. The smallest absolute Gasteiger partial charge is 0.115 e. The molecule has 0 bridgehead atoms. The third kappa shape index (κ3) is 1.70. The van der Waals surface area contributed by atoms with E-state index in [2.05, 4.69) is 9.97 Å². The molecule has 0 amide bonds. The normalized spacial score (nSPS) is 10.7. The van der Waals surface area contributed by atoms with Crippen molar-refractivity contribution in [1.82, 2.24) is 9.97 Å². The zero-order valence-electron chi connectivity index (χ0n) is 9.96. The highest BCUT2D eigenvalue weighted by molar-refractivity contribution is 5.91. The van der Waals surface area contributed by atoms with Crippen LogP contribution >= 0.6 is 0 Å². The number of pyridine rings is 2. The monoisotopic (exact) mass is 236 g/mol. The number of hydrogen-bond acceptors (Lipinski definition) is 3. The number of fused-ring (bicyclic) bond motifs is 1. The second-order valence-electron chi connectivity index (χ2n) is 4.23. The molecule has 2 aromatic heterocycles. The highest BCUT2D eigenvalue weighted by Crippen LogP contribution is 2.30. The Morgan fingerprint density at radius 3 is 2.67 bits per heavy atom. The molecular weight excluding hydrogens is 224 g/mol. The van der Waals surface area contributed by atoms with Crippen molar-refractivity contribution in [2.24, 2.45) is 0 Å². The SMILES string of the molecule is Cc1cc(O)ccc1-c1ccnc2cccnc12. The predicted octanol–water partition coefficient (Wildman–Crippen LogP) is 3.31. The van der Waals surface area contributed by atoms with Crippen molar-refractivity contribution in [3.8, 4) is 16.9 Å². The van der Waals surface area contributed by atoms with Crippen molar-refractivity contribution < 1.29 is 5.11 Å². The van der Waals surface area contributed by atoms with Crippen molar-refractivity contribution in [2.75, 3.05) is 0 Å². The van der Waals surface area contributed by atoms with Gasteiger partial charge in [-0.15, -0.1) is 0 Å². The first kappa shape index (κ1) is 10.7. The summed E-state index contributed by atoms with van der Waals surface area (Å²) in [5, 5.41) is 9.47. The number of phenols is 1. The van der Waals surface area contributed by atoms with Crippen molar-refractivity contribution >= 4 is 11.0 Å². The highest BCUT2D eigenvalue weighted by Gasteiger charge is 2.08. The van der Waals surface area contributed by atoms with Crippen LogP contribution in [0.3, 0.4) is 0 Å². The van der Waals surface area contributed by atoms with Gasteiger partial charge in [-0.25, -0.2) is 0 Å². The van der Waals surface area contributed by atoms with Crippen LogP contribution in [0, 0.1) is 6.92 Å². The summed E-state index contributed by atoms with van der Waals surface area (Å²) in [6.45, 7) is 1.98. The van der Waals surface area contributed by atoms with Crippen LogP contribution < -0.4 is 0 Å². The van der Waals surface area contributed by atoms with Crippen LogP contribution in [0.1, 0.15) is 5.56 Å². The van der Waals surface area contributed by atoms with Gasteiger partial charge in [0.05, 0.1) is 11.0 Å². The van der Waals surface area contributed by atoms with Crippen LogP contribution in [0.15, 0.2) is 48.8 Å². The van der Waals surface area contributed by atoms with Crippen LogP contribution in [0.25, 0.3) is 22.2 Å². The first-order chi connectivity index (χ1) is 8.75. The molecule has 0 aliphatic heterocycles. The van der Waals surface area contributed by atoms with E-state index in [1.54, 1.807) is 24.5 Å². The van der Waals surface area contributed by atoms with Crippen LogP contribution in [0.5, 0.6) is 5.75 Å². The van der Waals surface area contributed by atoms with Crippen molar-refractivity contribution in [1.29, 1.82) is 0 Å². The molecule has 88 valence electrons. The molecule has 0 spiro atoms. The Labute approximate surface area is 105 Å². The van der Waals surface area contributed by atoms with Gasteiger partial charge in [-0.1, -0.05) is 6.07 Å². The molecular formula is C15H12N2O. The molecule has 0 radical (unpaired) electrons. The number of hydrogen-bond donors (Lipinski definition) is 1. The third-order valence-corrected chi connectivity index (χ3v) is 3.00. The van der Waals surface area contributed by atoms with E-state index < -0.39 is 0 Å². The van der Waals surface area contributed by atoms with E-state index in [0.29, 0.717) is 0 Å². The van der Waals surface area contributed by atoms with Crippen LogP contribution in [-0.2, 0) is 0 Å². The zero-order valence-corrected chi connectivity index (χ0v) is 9.96. The van der Waals surface area contributed by atoms with E-state index in [0.717, 1.165) is 27.7 Å². The van der Waals surface area contributed by atoms with Crippen molar-refractivity contribution in [3.05, 3.63) is 54.4 Å². The Hall–Kier alpha value is -2.42. The highest BCUT2D eigenvalue weighted by atomic mass is 16.3. The first-order valence-corrected chi connectivity index (χ1v) is 5.75. The number of aromatic nitrogens is 2. The number of aromatic hydroxyl groups is 1. The lowest BCUT2D eigenvalue weighted by molar-refractivity contribution is 0.475. The molecule has 3 nitrogen and oxygen atoms in total. The van der Waals surface area contributed by atoms with E-state index in [1.165, 1.54) is 0 Å². The Balaban J connectivity index is 2.31. The number of nitrogens with zero attached hydrogens (tertiary/aromatic N) is 2. The summed E-state index contributed by atoms with van der Waals surface area (Å²) in [5.74, 6) is 0.280. The minimum Gasteiger partial charge on any atom is -0.508 e. The molecule has 18 heavy (non-hydrogen) atoms. The number of rotatable bonds is 1. The second kappa shape index (κ2) is 4.11.